The Kier molecular flexibility index (Phi) is 6.17. The number of non-ortho nitro benzene ring substituents is 1. The van der Waals surface area contributed by atoms with Gasteiger partial charge in [0.25, 0.3) is 11.6 Å². The first-order chi connectivity index (χ1) is 14.3. The first-order valence-corrected chi connectivity index (χ1v) is 9.30. The molecular weight excluding hydrogens is 408 g/mol. The minimum atomic E-state index is -0.523. The smallest absolute Gasteiger partial charge is 0.271 e. The summed E-state index contributed by atoms with van der Waals surface area (Å²) in [7, 11) is 1.59. The van der Waals surface area contributed by atoms with Gasteiger partial charge in [-0.3, -0.25) is 14.9 Å². The average molecular weight is 427 g/mol. The number of aryl methyl sites for hydroxylation is 1. The van der Waals surface area contributed by atoms with Crippen LogP contribution in [0.3, 0.4) is 0 Å². The van der Waals surface area contributed by atoms with Crippen molar-refractivity contribution in [1.82, 2.24) is 9.99 Å². The van der Waals surface area contributed by atoms with Crippen molar-refractivity contribution in [2.45, 2.75) is 13.8 Å². The van der Waals surface area contributed by atoms with E-state index >= 15 is 0 Å². The van der Waals surface area contributed by atoms with E-state index in [1.165, 1.54) is 24.3 Å². The van der Waals surface area contributed by atoms with Crippen LogP contribution in [0.15, 0.2) is 53.6 Å². The maximum absolute atomic E-state index is 12.2. The quantitative estimate of drug-likeness (QED) is 0.358. The highest BCUT2D eigenvalue weighted by Crippen LogP contribution is 2.30. The van der Waals surface area contributed by atoms with Gasteiger partial charge in [0, 0.05) is 39.7 Å². The molecule has 1 heterocycles. The number of carbonyl (C=O) groups is 1. The van der Waals surface area contributed by atoms with Crippen LogP contribution in [0, 0.1) is 24.0 Å². The molecule has 1 aromatic heterocycles. The SMILES string of the molecule is COc1ccc(Cl)cc1-n1c(C)cc(/C=N\NC(=O)c2ccc([N+](=O)[O-])cc2)c1C. The molecule has 1 N–H and O–H groups in total. The molecule has 0 aliphatic carbocycles. The van der Waals surface area contributed by atoms with Gasteiger partial charge in [0.15, 0.2) is 0 Å². The highest BCUT2D eigenvalue weighted by atomic mass is 35.5. The van der Waals surface area contributed by atoms with E-state index in [0.717, 1.165) is 22.6 Å². The lowest BCUT2D eigenvalue weighted by molar-refractivity contribution is -0.384. The predicted octanol–water partition coefficient (Wildman–Crippen LogP) is 4.43. The summed E-state index contributed by atoms with van der Waals surface area (Å²) in [4.78, 5) is 22.4. The molecule has 2 aromatic carbocycles. The van der Waals surface area contributed by atoms with Gasteiger partial charge in [0.1, 0.15) is 5.75 Å². The molecule has 0 bridgehead atoms. The fourth-order valence-corrected chi connectivity index (χ4v) is 3.25. The van der Waals surface area contributed by atoms with Gasteiger partial charge in [-0.15, -0.1) is 0 Å². The molecule has 3 rings (SSSR count). The van der Waals surface area contributed by atoms with E-state index in [0.29, 0.717) is 10.8 Å². The Bertz CT molecular complexity index is 1140. The third-order valence-electron chi connectivity index (χ3n) is 4.56. The number of aromatic nitrogens is 1. The van der Waals surface area contributed by atoms with Gasteiger partial charge in [-0.1, -0.05) is 11.6 Å². The molecule has 0 aliphatic heterocycles. The number of amides is 1. The van der Waals surface area contributed by atoms with Crippen LogP contribution in [-0.2, 0) is 0 Å². The maximum atomic E-state index is 12.2. The molecule has 0 fully saturated rings. The van der Waals surface area contributed by atoms with Crippen LogP contribution >= 0.6 is 11.6 Å². The summed E-state index contributed by atoms with van der Waals surface area (Å²) in [6.07, 6.45) is 1.54. The minimum absolute atomic E-state index is 0.0843. The van der Waals surface area contributed by atoms with E-state index in [2.05, 4.69) is 10.5 Å². The number of benzene rings is 2. The zero-order valence-electron chi connectivity index (χ0n) is 16.5. The van der Waals surface area contributed by atoms with Crippen LogP contribution in [0.2, 0.25) is 5.02 Å². The van der Waals surface area contributed by atoms with Crippen molar-refractivity contribution < 1.29 is 14.5 Å². The number of hydrazone groups is 1. The second-order valence-electron chi connectivity index (χ2n) is 6.48. The van der Waals surface area contributed by atoms with E-state index in [-0.39, 0.29) is 11.3 Å². The maximum Gasteiger partial charge on any atom is 0.271 e. The molecule has 154 valence electrons. The van der Waals surface area contributed by atoms with Crippen molar-refractivity contribution in [3.8, 4) is 11.4 Å². The summed E-state index contributed by atoms with van der Waals surface area (Å²) >= 11 is 6.16. The lowest BCUT2D eigenvalue weighted by atomic mass is 10.2. The monoisotopic (exact) mass is 426 g/mol. The molecule has 0 aliphatic rings. The average Bonchev–Trinajstić information content (AvgIpc) is 3.01. The normalized spacial score (nSPS) is 10.9. The number of nitro groups is 1. The van der Waals surface area contributed by atoms with Crippen molar-refractivity contribution in [3.63, 3.8) is 0 Å². The summed E-state index contributed by atoms with van der Waals surface area (Å²) in [5.41, 5.74) is 6.05. The molecule has 0 spiro atoms. The lowest BCUT2D eigenvalue weighted by Gasteiger charge is -2.14. The number of rotatable bonds is 6. The second kappa shape index (κ2) is 8.79. The summed E-state index contributed by atoms with van der Waals surface area (Å²) < 4.78 is 7.44. The van der Waals surface area contributed by atoms with Crippen molar-refractivity contribution >= 4 is 29.4 Å². The summed E-state index contributed by atoms with van der Waals surface area (Å²) in [6, 6.07) is 12.6. The van der Waals surface area contributed by atoms with Crippen molar-refractivity contribution in [2.75, 3.05) is 7.11 Å². The fraction of sp³-hybridized carbons (Fsp3) is 0.143. The van der Waals surface area contributed by atoms with Crippen LogP contribution in [0.5, 0.6) is 5.75 Å². The number of carbonyl (C=O) groups excluding carboxylic acids is 1. The number of ether oxygens (including phenoxy) is 1. The molecule has 9 heteroatoms. The molecule has 30 heavy (non-hydrogen) atoms. The van der Waals surface area contributed by atoms with E-state index in [1.54, 1.807) is 25.5 Å². The molecule has 0 saturated heterocycles. The first kappa shape index (κ1) is 21.1. The summed E-state index contributed by atoms with van der Waals surface area (Å²) in [5, 5.41) is 15.3. The minimum Gasteiger partial charge on any atom is -0.495 e. The Morgan fingerprint density at radius 2 is 1.90 bits per heavy atom. The van der Waals surface area contributed by atoms with Crippen molar-refractivity contribution in [2.24, 2.45) is 5.10 Å². The van der Waals surface area contributed by atoms with Gasteiger partial charge in [-0.05, 0) is 50.2 Å². The molecular formula is C21H19ClN4O4. The van der Waals surface area contributed by atoms with Crippen LogP contribution in [-0.4, -0.2) is 28.7 Å². The second-order valence-corrected chi connectivity index (χ2v) is 6.92. The number of methoxy groups -OCH3 is 1. The van der Waals surface area contributed by atoms with E-state index in [9.17, 15) is 14.9 Å². The Morgan fingerprint density at radius 3 is 2.53 bits per heavy atom. The fourth-order valence-electron chi connectivity index (χ4n) is 3.09. The van der Waals surface area contributed by atoms with Gasteiger partial charge in [0.2, 0.25) is 0 Å². The van der Waals surface area contributed by atoms with Gasteiger partial charge in [-0.2, -0.15) is 5.10 Å². The number of nitro benzene ring substituents is 1. The van der Waals surface area contributed by atoms with Crippen LogP contribution < -0.4 is 10.2 Å². The third kappa shape index (κ3) is 4.33. The Balaban J connectivity index is 1.80. The molecule has 0 saturated carbocycles. The van der Waals surface area contributed by atoms with E-state index in [4.69, 9.17) is 16.3 Å². The molecule has 1 amide bonds. The highest BCUT2D eigenvalue weighted by molar-refractivity contribution is 6.30. The van der Waals surface area contributed by atoms with Gasteiger partial charge in [0.05, 0.1) is 23.9 Å². The zero-order valence-corrected chi connectivity index (χ0v) is 17.3. The summed E-state index contributed by atoms with van der Waals surface area (Å²) in [6.45, 7) is 3.87. The van der Waals surface area contributed by atoms with Crippen LogP contribution in [0.1, 0.15) is 27.3 Å². The van der Waals surface area contributed by atoms with E-state index < -0.39 is 10.8 Å². The van der Waals surface area contributed by atoms with Gasteiger partial charge >= 0.3 is 0 Å². The molecule has 8 nitrogen and oxygen atoms in total. The van der Waals surface area contributed by atoms with Gasteiger partial charge in [-0.25, -0.2) is 5.43 Å². The number of hydrogen-bond acceptors (Lipinski definition) is 5. The number of halogens is 1. The van der Waals surface area contributed by atoms with Crippen molar-refractivity contribution in [1.29, 1.82) is 0 Å². The number of nitrogens with zero attached hydrogens (tertiary/aromatic N) is 3. The number of hydrogen-bond donors (Lipinski definition) is 1. The van der Waals surface area contributed by atoms with Crippen LogP contribution in [0.25, 0.3) is 5.69 Å². The van der Waals surface area contributed by atoms with E-state index in [1.807, 2.05) is 30.5 Å². The first-order valence-electron chi connectivity index (χ1n) is 8.92. The topological polar surface area (TPSA) is 98.8 Å². The zero-order chi connectivity index (χ0) is 21.8. The molecule has 0 radical (unpaired) electrons. The largest absolute Gasteiger partial charge is 0.495 e. The van der Waals surface area contributed by atoms with Crippen molar-refractivity contribution in [3.05, 3.63) is 86.2 Å². The summed E-state index contributed by atoms with van der Waals surface area (Å²) in [5.74, 6) is 0.211. The third-order valence-corrected chi connectivity index (χ3v) is 4.80. The van der Waals surface area contributed by atoms with Gasteiger partial charge < -0.3 is 9.30 Å². The highest BCUT2D eigenvalue weighted by Gasteiger charge is 2.14. The standard InChI is InChI=1S/C21H19ClN4O4/c1-13-10-16(14(2)25(13)19-11-17(22)6-9-20(19)30-3)12-23-24-21(27)15-4-7-18(8-5-15)26(28)29/h4-12H,1-3H3,(H,24,27)/b23-12-. The number of nitrogens with one attached hydrogen (secondary N) is 1. The Labute approximate surface area is 177 Å². The van der Waals surface area contributed by atoms with Crippen LogP contribution in [0.4, 0.5) is 5.69 Å². The Hall–Kier alpha value is -3.65. The molecule has 0 unspecified atom stereocenters. The lowest BCUT2D eigenvalue weighted by Crippen LogP contribution is -2.17. The predicted molar refractivity (Wildman–Crippen MR) is 115 cm³/mol. The molecule has 0 atom stereocenters. The Morgan fingerprint density at radius 1 is 1.20 bits per heavy atom. The molecule has 3 aromatic rings.